The molecule has 48 heavy (non-hydrogen) atoms. The van der Waals surface area contributed by atoms with Crippen molar-refractivity contribution in [3.63, 3.8) is 0 Å². The second-order valence-corrected chi connectivity index (χ2v) is 13.4. The number of esters is 3. The Kier molecular flexibility index (Phi) is 11.9. The average molecular weight is 659 g/mol. The normalized spacial score (nSPS) is 20.0. The molecule has 0 radical (unpaired) electrons. The standard InChI is InChI=1S/C39H46O9/c1-5-39(24-44-25-39)23-43-20-21-45-31-15-17-33(18-16-31)47-37(41)30-11-13-32(14-12-30)46-36(40)28-7-9-29(10-8-28)38(42)48-35-22-27(4)6-19-34(35)26(2)3/h7-18,26-27,34-35H,5-6,19-25H2,1-4H3. The predicted octanol–water partition coefficient (Wildman–Crippen LogP) is 7.56. The summed E-state index contributed by atoms with van der Waals surface area (Å²) in [6, 6.07) is 19.1. The van der Waals surface area contributed by atoms with Crippen LogP contribution in [0.4, 0.5) is 0 Å². The lowest BCUT2D eigenvalue weighted by molar-refractivity contribution is -0.151. The van der Waals surface area contributed by atoms with Crippen LogP contribution in [-0.2, 0) is 14.2 Å². The van der Waals surface area contributed by atoms with Crippen LogP contribution in [0.3, 0.4) is 0 Å². The highest BCUT2D eigenvalue weighted by atomic mass is 16.6. The van der Waals surface area contributed by atoms with E-state index < -0.39 is 11.9 Å². The molecule has 3 aromatic carbocycles. The molecule has 0 spiro atoms. The van der Waals surface area contributed by atoms with Crippen molar-refractivity contribution >= 4 is 17.9 Å². The molecule has 1 heterocycles. The van der Waals surface area contributed by atoms with Crippen molar-refractivity contribution < 1.29 is 42.8 Å². The molecule has 0 amide bonds. The van der Waals surface area contributed by atoms with Gasteiger partial charge in [0, 0.05) is 5.41 Å². The van der Waals surface area contributed by atoms with Gasteiger partial charge in [-0.3, -0.25) is 0 Å². The molecule has 5 rings (SSSR count). The summed E-state index contributed by atoms with van der Waals surface area (Å²) in [4.78, 5) is 38.3. The van der Waals surface area contributed by atoms with E-state index in [1.54, 1.807) is 48.5 Å². The zero-order valence-corrected chi connectivity index (χ0v) is 28.3. The SMILES string of the molecule is CCC1(COCCOc2ccc(OC(=O)c3ccc(OC(=O)c4ccc(C(=O)OC5CC(C)CCC5C(C)C)cc4)cc3)cc2)COC1. The zero-order chi connectivity index (χ0) is 34.1. The van der Waals surface area contributed by atoms with E-state index >= 15 is 0 Å². The summed E-state index contributed by atoms with van der Waals surface area (Å²) in [5.74, 6) is 1.07. The van der Waals surface area contributed by atoms with Gasteiger partial charge >= 0.3 is 17.9 Å². The van der Waals surface area contributed by atoms with Gasteiger partial charge in [0.25, 0.3) is 0 Å². The van der Waals surface area contributed by atoms with Gasteiger partial charge in [0.1, 0.15) is 30.0 Å². The van der Waals surface area contributed by atoms with E-state index in [-0.39, 0.29) is 28.8 Å². The molecule has 9 nitrogen and oxygen atoms in total. The maximum atomic E-state index is 12.9. The molecule has 1 saturated carbocycles. The molecule has 0 aromatic heterocycles. The Labute approximate surface area is 282 Å². The third-order valence-corrected chi connectivity index (χ3v) is 9.38. The van der Waals surface area contributed by atoms with E-state index in [2.05, 4.69) is 27.7 Å². The second kappa shape index (κ2) is 16.3. The van der Waals surface area contributed by atoms with Gasteiger partial charge in [-0.2, -0.15) is 0 Å². The van der Waals surface area contributed by atoms with Crippen LogP contribution in [0.2, 0.25) is 0 Å². The number of benzene rings is 3. The van der Waals surface area contributed by atoms with Crippen molar-refractivity contribution in [2.24, 2.45) is 23.2 Å². The molecule has 2 fully saturated rings. The highest BCUT2D eigenvalue weighted by Gasteiger charge is 2.37. The van der Waals surface area contributed by atoms with E-state index in [1.807, 2.05) is 0 Å². The van der Waals surface area contributed by atoms with Crippen molar-refractivity contribution in [2.75, 3.05) is 33.0 Å². The third-order valence-electron chi connectivity index (χ3n) is 9.38. The van der Waals surface area contributed by atoms with Crippen molar-refractivity contribution in [1.82, 2.24) is 0 Å². The number of rotatable bonds is 14. The van der Waals surface area contributed by atoms with Crippen molar-refractivity contribution in [2.45, 2.75) is 59.5 Å². The largest absolute Gasteiger partial charge is 0.491 e. The molecule has 3 atom stereocenters. The molecule has 3 aromatic rings. The lowest BCUT2D eigenvalue weighted by atomic mass is 9.75. The summed E-state index contributed by atoms with van der Waals surface area (Å²) in [7, 11) is 0. The summed E-state index contributed by atoms with van der Waals surface area (Å²) < 4.78 is 33.7. The van der Waals surface area contributed by atoms with Crippen LogP contribution >= 0.6 is 0 Å². The van der Waals surface area contributed by atoms with E-state index in [0.29, 0.717) is 60.2 Å². The number of ether oxygens (including phenoxy) is 6. The Bertz CT molecular complexity index is 1500. The number of carbonyl (C=O) groups is 3. The van der Waals surface area contributed by atoms with Crippen molar-refractivity contribution in [3.05, 3.63) is 89.5 Å². The molecule has 256 valence electrons. The molecule has 9 heteroatoms. The number of hydrogen-bond acceptors (Lipinski definition) is 9. The minimum atomic E-state index is -0.585. The first-order valence-electron chi connectivity index (χ1n) is 16.9. The Balaban J connectivity index is 1.05. The highest BCUT2D eigenvalue weighted by molar-refractivity contribution is 5.94. The Morgan fingerprint density at radius 2 is 1.27 bits per heavy atom. The second-order valence-electron chi connectivity index (χ2n) is 13.4. The van der Waals surface area contributed by atoms with E-state index in [1.165, 1.54) is 24.3 Å². The molecule has 2 aliphatic rings. The van der Waals surface area contributed by atoms with Gasteiger partial charge in [-0.05, 0) is 110 Å². The van der Waals surface area contributed by atoms with Gasteiger partial charge in [0.15, 0.2) is 0 Å². The fraction of sp³-hybridized carbons (Fsp3) is 0.462. The van der Waals surface area contributed by atoms with Gasteiger partial charge in [0.2, 0.25) is 0 Å². The summed E-state index contributed by atoms with van der Waals surface area (Å²) >= 11 is 0. The van der Waals surface area contributed by atoms with Crippen LogP contribution in [-0.4, -0.2) is 57.0 Å². The van der Waals surface area contributed by atoms with Crippen molar-refractivity contribution in [1.29, 1.82) is 0 Å². The summed E-state index contributed by atoms with van der Waals surface area (Å²) in [6.07, 6.45) is 4.00. The van der Waals surface area contributed by atoms with Gasteiger partial charge in [-0.1, -0.05) is 34.1 Å². The van der Waals surface area contributed by atoms with Gasteiger partial charge in [0.05, 0.1) is 43.1 Å². The molecule has 1 saturated heterocycles. The maximum Gasteiger partial charge on any atom is 0.343 e. The van der Waals surface area contributed by atoms with Gasteiger partial charge in [-0.15, -0.1) is 0 Å². The molecule has 0 N–H and O–H groups in total. The Hall–Kier alpha value is -4.21. The van der Waals surface area contributed by atoms with E-state index in [4.69, 9.17) is 28.4 Å². The fourth-order valence-electron chi connectivity index (χ4n) is 6.08. The van der Waals surface area contributed by atoms with Crippen LogP contribution in [0.1, 0.15) is 84.5 Å². The van der Waals surface area contributed by atoms with Crippen LogP contribution < -0.4 is 14.2 Å². The minimum Gasteiger partial charge on any atom is -0.491 e. The number of hydrogen-bond donors (Lipinski definition) is 0. The molecule has 1 aliphatic carbocycles. The van der Waals surface area contributed by atoms with Crippen LogP contribution in [0.5, 0.6) is 17.2 Å². The van der Waals surface area contributed by atoms with Crippen LogP contribution in [0, 0.1) is 23.2 Å². The molecule has 0 bridgehead atoms. The number of carbonyl (C=O) groups excluding carboxylic acids is 3. The van der Waals surface area contributed by atoms with E-state index in [0.717, 1.165) is 38.9 Å². The predicted molar refractivity (Wildman–Crippen MR) is 180 cm³/mol. The lowest BCUT2D eigenvalue weighted by Gasteiger charge is -2.40. The molecule has 3 unspecified atom stereocenters. The first-order chi connectivity index (χ1) is 23.1. The van der Waals surface area contributed by atoms with E-state index in [9.17, 15) is 14.4 Å². The first-order valence-corrected chi connectivity index (χ1v) is 16.9. The third kappa shape index (κ3) is 9.23. The van der Waals surface area contributed by atoms with Gasteiger partial charge < -0.3 is 28.4 Å². The minimum absolute atomic E-state index is 0.103. The van der Waals surface area contributed by atoms with Crippen LogP contribution in [0.25, 0.3) is 0 Å². The molecular formula is C39H46O9. The van der Waals surface area contributed by atoms with Crippen LogP contribution in [0.15, 0.2) is 72.8 Å². The fourth-order valence-corrected chi connectivity index (χ4v) is 6.08. The molecule has 1 aliphatic heterocycles. The summed E-state index contributed by atoms with van der Waals surface area (Å²) in [5, 5.41) is 0. The topological polar surface area (TPSA) is 107 Å². The quantitative estimate of drug-likeness (QED) is 0.0985. The zero-order valence-electron chi connectivity index (χ0n) is 28.3. The molecular weight excluding hydrogens is 612 g/mol. The lowest BCUT2D eigenvalue weighted by Crippen LogP contribution is -2.45. The Morgan fingerprint density at radius 1 is 0.750 bits per heavy atom. The smallest absolute Gasteiger partial charge is 0.343 e. The monoisotopic (exact) mass is 658 g/mol. The summed E-state index contributed by atoms with van der Waals surface area (Å²) in [6.45, 7) is 11.7. The first kappa shape index (κ1) is 35.1. The highest BCUT2D eigenvalue weighted by Crippen LogP contribution is 2.36. The maximum absolute atomic E-state index is 12.9. The Morgan fingerprint density at radius 3 is 1.79 bits per heavy atom. The average Bonchev–Trinajstić information content (AvgIpc) is 3.06. The summed E-state index contributed by atoms with van der Waals surface area (Å²) in [5.41, 5.74) is 1.12. The van der Waals surface area contributed by atoms with Crippen molar-refractivity contribution in [3.8, 4) is 17.2 Å². The van der Waals surface area contributed by atoms with Gasteiger partial charge in [-0.25, -0.2) is 14.4 Å².